The number of aliphatic hydroxyl groups is 3. The molecule has 0 aliphatic heterocycles. The van der Waals surface area contributed by atoms with E-state index < -0.39 is 11.4 Å². The molecule has 2 rings (SSSR count). The summed E-state index contributed by atoms with van der Waals surface area (Å²) in [6.45, 7) is 7.89. The van der Waals surface area contributed by atoms with Gasteiger partial charge in [-0.15, -0.1) is 0 Å². The summed E-state index contributed by atoms with van der Waals surface area (Å²) in [7, 11) is 0. The topological polar surface area (TPSA) is 98.0 Å². The van der Waals surface area contributed by atoms with Gasteiger partial charge >= 0.3 is 5.97 Å². The quantitative estimate of drug-likeness (QED) is 0.329. The predicted octanol–water partition coefficient (Wildman–Crippen LogP) is 4.79. The molecule has 0 spiro atoms. The third kappa shape index (κ3) is 7.57. The highest BCUT2D eigenvalue weighted by atomic mass is 16.4. The van der Waals surface area contributed by atoms with Gasteiger partial charge in [-0.25, -0.2) is 0 Å². The molecule has 5 heteroatoms. The van der Waals surface area contributed by atoms with Crippen LogP contribution < -0.4 is 0 Å². The van der Waals surface area contributed by atoms with Gasteiger partial charge in [-0.2, -0.15) is 0 Å². The molecule has 4 N–H and O–H groups in total. The molecule has 0 heterocycles. The van der Waals surface area contributed by atoms with E-state index in [1.165, 1.54) is 0 Å². The normalized spacial score (nSPS) is 32.2. The van der Waals surface area contributed by atoms with Crippen LogP contribution in [-0.2, 0) is 4.79 Å². The second kappa shape index (κ2) is 11.3. The highest BCUT2D eigenvalue weighted by molar-refractivity contribution is 5.73. The number of carbonyl (C=O) groups is 1. The van der Waals surface area contributed by atoms with Crippen molar-refractivity contribution in [1.82, 2.24) is 0 Å². The first-order valence-electron chi connectivity index (χ1n) is 12.4. The lowest BCUT2D eigenvalue weighted by Gasteiger charge is -2.23. The second-order valence-electron chi connectivity index (χ2n) is 11.7. The lowest BCUT2D eigenvalue weighted by Crippen LogP contribution is -2.25. The molecular weight excluding hydrogens is 392 g/mol. The van der Waals surface area contributed by atoms with Gasteiger partial charge in [0.25, 0.3) is 0 Å². The number of aliphatic hydroxyl groups excluding tert-OH is 3. The molecule has 5 nitrogen and oxygen atoms in total. The van der Waals surface area contributed by atoms with E-state index in [0.29, 0.717) is 12.3 Å². The first-order valence-corrected chi connectivity index (χ1v) is 12.4. The maximum Gasteiger partial charge on any atom is 0.309 e. The zero-order valence-corrected chi connectivity index (χ0v) is 20.1. The zero-order valence-electron chi connectivity index (χ0n) is 20.1. The zero-order chi connectivity index (χ0) is 23.2. The monoisotopic (exact) mass is 438 g/mol. The van der Waals surface area contributed by atoms with Crippen molar-refractivity contribution in [2.45, 2.75) is 104 Å². The minimum Gasteiger partial charge on any atom is -0.481 e. The first-order chi connectivity index (χ1) is 14.5. The fourth-order valence-electron chi connectivity index (χ4n) is 5.37. The number of rotatable bonds is 12. The summed E-state index contributed by atoms with van der Waals surface area (Å²) in [6, 6.07) is 0. The minimum absolute atomic E-state index is 0.0403. The summed E-state index contributed by atoms with van der Waals surface area (Å²) >= 11 is 0. The summed E-state index contributed by atoms with van der Waals surface area (Å²) < 4.78 is 0. The van der Waals surface area contributed by atoms with E-state index in [1.54, 1.807) is 13.8 Å². The van der Waals surface area contributed by atoms with Crippen LogP contribution >= 0.6 is 0 Å². The molecule has 6 unspecified atom stereocenters. The third-order valence-electron chi connectivity index (χ3n) is 8.00. The minimum atomic E-state index is -0.759. The molecule has 2 saturated carbocycles. The molecule has 0 saturated heterocycles. The van der Waals surface area contributed by atoms with Crippen molar-refractivity contribution in [3.63, 3.8) is 0 Å². The Morgan fingerprint density at radius 3 is 1.71 bits per heavy atom. The van der Waals surface area contributed by atoms with Crippen LogP contribution in [0.3, 0.4) is 0 Å². The first kappa shape index (κ1) is 26.3. The van der Waals surface area contributed by atoms with E-state index in [0.717, 1.165) is 57.8 Å². The number of carboxylic acid groups (broad SMARTS) is 1. The Kier molecular flexibility index (Phi) is 9.59. The van der Waals surface area contributed by atoms with Crippen LogP contribution in [0.15, 0.2) is 12.2 Å². The van der Waals surface area contributed by atoms with Crippen LogP contribution in [0.25, 0.3) is 0 Å². The fraction of sp³-hybridized carbons (Fsp3) is 0.885. The molecule has 0 aromatic carbocycles. The molecule has 180 valence electrons. The van der Waals surface area contributed by atoms with Crippen molar-refractivity contribution in [1.29, 1.82) is 0 Å². The van der Waals surface area contributed by atoms with Crippen LogP contribution in [0, 0.1) is 34.5 Å². The average molecular weight is 439 g/mol. The molecule has 2 aliphatic carbocycles. The van der Waals surface area contributed by atoms with Gasteiger partial charge in [0.2, 0.25) is 0 Å². The van der Waals surface area contributed by atoms with E-state index in [1.807, 2.05) is 0 Å². The van der Waals surface area contributed by atoms with E-state index in [2.05, 4.69) is 26.0 Å². The summed E-state index contributed by atoms with van der Waals surface area (Å²) in [5, 5.41) is 40.1. The van der Waals surface area contributed by atoms with Crippen LogP contribution in [-0.4, -0.2) is 45.2 Å². The standard InChI is InChI=1S/C26H46O5/c1-25(2,17-27)15-5-7-18-9-11-20(22(18)28)13-14-21-12-10-19(23(21)29)8-6-16-26(3,4)24(30)31/h13-14,18-23,27-29H,5-12,15-17H2,1-4H3,(H,30,31)/b14-13-. The second-order valence-corrected chi connectivity index (χ2v) is 11.7. The van der Waals surface area contributed by atoms with Gasteiger partial charge in [0, 0.05) is 18.4 Å². The smallest absolute Gasteiger partial charge is 0.309 e. The molecule has 0 aromatic heterocycles. The Balaban J connectivity index is 1.75. The molecule has 31 heavy (non-hydrogen) atoms. The van der Waals surface area contributed by atoms with Crippen LogP contribution in [0.2, 0.25) is 0 Å². The molecule has 2 fully saturated rings. The van der Waals surface area contributed by atoms with Gasteiger partial charge in [-0.1, -0.05) is 38.8 Å². The van der Waals surface area contributed by atoms with Crippen molar-refractivity contribution in [3.05, 3.63) is 12.2 Å². The van der Waals surface area contributed by atoms with E-state index >= 15 is 0 Å². The van der Waals surface area contributed by atoms with Gasteiger partial charge in [0.1, 0.15) is 0 Å². The van der Waals surface area contributed by atoms with Crippen molar-refractivity contribution in [2.24, 2.45) is 34.5 Å². The van der Waals surface area contributed by atoms with Gasteiger partial charge < -0.3 is 20.4 Å². The molecule has 0 amide bonds. The average Bonchev–Trinajstić information content (AvgIpc) is 3.23. The predicted molar refractivity (Wildman–Crippen MR) is 124 cm³/mol. The molecule has 0 bridgehead atoms. The van der Waals surface area contributed by atoms with Crippen molar-refractivity contribution in [3.8, 4) is 0 Å². The molecule has 0 radical (unpaired) electrons. The lowest BCUT2D eigenvalue weighted by molar-refractivity contribution is -0.147. The Morgan fingerprint density at radius 2 is 1.29 bits per heavy atom. The molecule has 6 atom stereocenters. The Labute approximate surface area is 188 Å². The SMILES string of the molecule is CC(C)(CO)CCCC1CCC(/C=C\C2CCC(CCCC(C)(C)C(=O)O)C2O)C1O. The van der Waals surface area contributed by atoms with E-state index in [9.17, 15) is 25.2 Å². The van der Waals surface area contributed by atoms with E-state index in [-0.39, 0.29) is 42.0 Å². The van der Waals surface area contributed by atoms with Crippen molar-refractivity contribution in [2.75, 3.05) is 6.61 Å². The number of carboxylic acids is 1. The van der Waals surface area contributed by atoms with Crippen LogP contribution in [0.5, 0.6) is 0 Å². The van der Waals surface area contributed by atoms with E-state index in [4.69, 9.17) is 0 Å². The fourth-order valence-corrected chi connectivity index (χ4v) is 5.37. The van der Waals surface area contributed by atoms with Gasteiger partial charge in [-0.3, -0.25) is 4.79 Å². The van der Waals surface area contributed by atoms with Crippen LogP contribution in [0.4, 0.5) is 0 Å². The number of hydrogen-bond acceptors (Lipinski definition) is 4. The van der Waals surface area contributed by atoms with Gasteiger partial charge in [0.05, 0.1) is 17.6 Å². The Morgan fingerprint density at radius 1 is 0.839 bits per heavy atom. The van der Waals surface area contributed by atoms with Gasteiger partial charge in [0.15, 0.2) is 0 Å². The lowest BCUT2D eigenvalue weighted by atomic mass is 9.85. The van der Waals surface area contributed by atoms with Crippen LogP contribution in [0.1, 0.15) is 91.9 Å². The Hall–Kier alpha value is -0.910. The third-order valence-corrected chi connectivity index (χ3v) is 8.00. The summed E-state index contributed by atoms with van der Waals surface area (Å²) in [5.41, 5.74) is -0.743. The largest absolute Gasteiger partial charge is 0.481 e. The maximum absolute atomic E-state index is 11.3. The summed E-state index contributed by atoms with van der Waals surface area (Å²) in [4.78, 5) is 11.3. The number of aliphatic carboxylic acids is 1. The maximum atomic E-state index is 11.3. The summed E-state index contributed by atoms with van der Waals surface area (Å²) in [5.74, 6) is 0.150. The summed E-state index contributed by atoms with van der Waals surface area (Å²) in [6.07, 6.45) is 13.0. The van der Waals surface area contributed by atoms with Crippen molar-refractivity contribution < 1.29 is 25.2 Å². The molecule has 2 aliphatic rings. The number of hydrogen-bond donors (Lipinski definition) is 4. The highest BCUT2D eigenvalue weighted by Crippen LogP contribution is 2.40. The van der Waals surface area contributed by atoms with Crippen molar-refractivity contribution >= 4 is 5.97 Å². The highest BCUT2D eigenvalue weighted by Gasteiger charge is 2.36. The molecular formula is C26H46O5. The molecule has 0 aromatic rings. The van der Waals surface area contributed by atoms with Gasteiger partial charge in [-0.05, 0) is 82.5 Å². The Bertz CT molecular complexity index is 597.